The Morgan fingerprint density at radius 3 is 2.29 bits per heavy atom. The molecular formula is C33H45N7O4S. The molecule has 0 radical (unpaired) electrons. The minimum atomic E-state index is -0.216. The van der Waals surface area contributed by atoms with Crippen LogP contribution in [0.25, 0.3) is 0 Å². The van der Waals surface area contributed by atoms with Gasteiger partial charge < -0.3 is 31.7 Å². The molecule has 0 unspecified atom stereocenters. The van der Waals surface area contributed by atoms with E-state index in [0.29, 0.717) is 30.3 Å². The van der Waals surface area contributed by atoms with E-state index in [4.69, 9.17) is 16.2 Å². The first-order valence-corrected chi connectivity index (χ1v) is 15.9. The number of unbranched alkanes of at least 4 members (excludes halogenated alkanes) is 1. The van der Waals surface area contributed by atoms with Crippen molar-refractivity contribution in [1.29, 1.82) is 0 Å². The minimum absolute atomic E-state index is 0.115. The lowest BCUT2D eigenvalue weighted by Gasteiger charge is -2.08. The number of amides is 3. The number of benzene rings is 2. The molecule has 0 spiro atoms. The summed E-state index contributed by atoms with van der Waals surface area (Å²) in [5, 5.41) is 15.1. The van der Waals surface area contributed by atoms with E-state index in [0.717, 1.165) is 60.6 Å². The number of hydrogen-bond donors (Lipinski definition) is 4. The van der Waals surface area contributed by atoms with E-state index >= 15 is 0 Å². The minimum Gasteiger partial charge on any atom is -0.494 e. The number of aromatic nitrogens is 2. The third-order valence-electron chi connectivity index (χ3n) is 6.32. The molecule has 0 aliphatic heterocycles. The van der Waals surface area contributed by atoms with Crippen LogP contribution >= 0.6 is 11.3 Å². The summed E-state index contributed by atoms with van der Waals surface area (Å²) in [7, 11) is 0. The van der Waals surface area contributed by atoms with Gasteiger partial charge in [-0.3, -0.25) is 14.4 Å². The van der Waals surface area contributed by atoms with Gasteiger partial charge in [0.15, 0.2) is 0 Å². The average molecular weight is 636 g/mol. The average Bonchev–Trinajstić information content (AvgIpc) is 3.47. The van der Waals surface area contributed by atoms with Gasteiger partial charge in [0.05, 0.1) is 19.4 Å². The van der Waals surface area contributed by atoms with Gasteiger partial charge in [-0.25, -0.2) is 0 Å². The highest BCUT2D eigenvalue weighted by molar-refractivity contribution is 7.15. The van der Waals surface area contributed by atoms with E-state index in [1.165, 1.54) is 11.3 Å². The zero-order valence-electron chi connectivity index (χ0n) is 26.3. The predicted molar refractivity (Wildman–Crippen MR) is 179 cm³/mol. The Balaban J connectivity index is 0.000000900. The molecule has 6 N–H and O–H groups in total. The second-order valence-corrected chi connectivity index (χ2v) is 11.0. The van der Waals surface area contributed by atoms with Crippen LogP contribution in [-0.2, 0) is 33.6 Å². The van der Waals surface area contributed by atoms with Crippen LogP contribution in [-0.4, -0.2) is 53.0 Å². The van der Waals surface area contributed by atoms with Gasteiger partial charge in [0, 0.05) is 25.2 Å². The molecule has 0 fully saturated rings. The molecule has 242 valence electrons. The Morgan fingerprint density at radius 1 is 0.911 bits per heavy atom. The molecule has 0 saturated carbocycles. The number of nitrogens with two attached hydrogens (primary N) is 2. The summed E-state index contributed by atoms with van der Waals surface area (Å²) in [5.74, 6) is 0.631. The molecule has 3 amide bonds. The summed E-state index contributed by atoms with van der Waals surface area (Å²) >= 11 is 1.38. The standard InChI is InChI=1S/C28H34N6O3S.C5H11NO/c1-2-37-23-13-8-11-21(17-23)19-25(35)31-24(30)16-15-22(29)12-6-7-14-27-33-34-28(38-27)32-26(36)18-20-9-4-3-5-10-20;1-3-6(4-2)5-7/h3-5,8-11,13,15-17H,2,6-7,12,14,18-19,29-30H2,1H3,(H,31,35)(H,32,34,36);5H,3-4H2,1-2H3/b22-15-,24-16+;. The van der Waals surface area contributed by atoms with Crippen molar-refractivity contribution in [1.82, 2.24) is 20.4 Å². The molecule has 0 aliphatic carbocycles. The third kappa shape index (κ3) is 15.5. The Bertz CT molecular complexity index is 1390. The highest BCUT2D eigenvalue weighted by atomic mass is 32.1. The quantitative estimate of drug-likeness (QED) is 0.0967. The summed E-state index contributed by atoms with van der Waals surface area (Å²) in [5.41, 5.74) is 14.5. The lowest BCUT2D eigenvalue weighted by Crippen LogP contribution is -2.28. The van der Waals surface area contributed by atoms with Crippen molar-refractivity contribution in [2.24, 2.45) is 11.5 Å². The number of allylic oxidation sites excluding steroid dienone is 3. The van der Waals surface area contributed by atoms with E-state index in [1.54, 1.807) is 17.1 Å². The Kier molecular flexibility index (Phi) is 17.1. The fourth-order valence-electron chi connectivity index (χ4n) is 3.95. The Labute approximate surface area is 269 Å². The molecule has 3 aromatic rings. The number of anilines is 1. The number of rotatable bonds is 17. The molecule has 0 aliphatic rings. The van der Waals surface area contributed by atoms with E-state index in [-0.39, 0.29) is 24.1 Å². The summed E-state index contributed by atoms with van der Waals surface area (Å²) < 4.78 is 5.46. The molecule has 45 heavy (non-hydrogen) atoms. The first-order valence-electron chi connectivity index (χ1n) is 15.0. The predicted octanol–water partition coefficient (Wildman–Crippen LogP) is 4.32. The van der Waals surface area contributed by atoms with Crippen molar-refractivity contribution in [3.05, 3.63) is 94.4 Å². The Morgan fingerprint density at radius 2 is 1.62 bits per heavy atom. The van der Waals surface area contributed by atoms with Crippen LogP contribution < -0.4 is 26.8 Å². The SMILES string of the molecule is CCN(C=O)CC.CCOc1cccc(CC(=O)N/C(N)=C/C=C(\N)CCCCc2nnc(NC(=O)Cc3ccccc3)s2)c1. The molecular weight excluding hydrogens is 590 g/mol. The maximum atomic E-state index is 12.3. The van der Waals surface area contributed by atoms with Gasteiger partial charge in [-0.2, -0.15) is 0 Å². The van der Waals surface area contributed by atoms with Crippen LogP contribution in [0.5, 0.6) is 5.75 Å². The number of aryl methyl sites for hydroxylation is 1. The van der Waals surface area contributed by atoms with Crippen molar-refractivity contribution in [3.63, 3.8) is 0 Å². The van der Waals surface area contributed by atoms with Crippen molar-refractivity contribution >= 4 is 34.7 Å². The van der Waals surface area contributed by atoms with Gasteiger partial charge in [-0.15, -0.1) is 10.2 Å². The molecule has 1 heterocycles. The van der Waals surface area contributed by atoms with E-state index < -0.39 is 0 Å². The Hall–Kier alpha value is -4.71. The van der Waals surface area contributed by atoms with Crippen LogP contribution in [0.2, 0.25) is 0 Å². The van der Waals surface area contributed by atoms with E-state index in [9.17, 15) is 14.4 Å². The lowest BCUT2D eigenvalue weighted by atomic mass is 10.1. The van der Waals surface area contributed by atoms with Crippen LogP contribution in [0, 0.1) is 0 Å². The van der Waals surface area contributed by atoms with E-state index in [1.807, 2.05) is 75.4 Å². The fourth-order valence-corrected chi connectivity index (χ4v) is 4.75. The first-order chi connectivity index (χ1) is 21.8. The highest BCUT2D eigenvalue weighted by Crippen LogP contribution is 2.18. The van der Waals surface area contributed by atoms with Gasteiger partial charge in [-0.1, -0.05) is 53.8 Å². The van der Waals surface area contributed by atoms with Crippen molar-refractivity contribution in [2.45, 2.75) is 59.3 Å². The molecule has 12 heteroatoms. The number of carbonyl (C=O) groups excluding carboxylic acids is 3. The number of nitrogens with zero attached hydrogens (tertiary/aromatic N) is 3. The lowest BCUT2D eigenvalue weighted by molar-refractivity contribution is -0.120. The monoisotopic (exact) mass is 635 g/mol. The molecule has 3 rings (SSSR count). The van der Waals surface area contributed by atoms with E-state index in [2.05, 4.69) is 20.8 Å². The zero-order valence-corrected chi connectivity index (χ0v) is 27.1. The summed E-state index contributed by atoms with van der Waals surface area (Å²) in [6, 6.07) is 17.0. The van der Waals surface area contributed by atoms with Crippen molar-refractivity contribution in [3.8, 4) is 5.75 Å². The smallest absolute Gasteiger partial charge is 0.230 e. The topological polar surface area (TPSA) is 166 Å². The summed E-state index contributed by atoms with van der Waals surface area (Å²) in [6.07, 6.45) is 7.81. The maximum Gasteiger partial charge on any atom is 0.230 e. The second kappa shape index (κ2) is 21.1. The molecule has 0 bridgehead atoms. The van der Waals surface area contributed by atoms with Crippen LogP contribution in [0.4, 0.5) is 5.13 Å². The van der Waals surface area contributed by atoms with Crippen molar-refractivity contribution < 1.29 is 19.1 Å². The molecule has 1 aromatic heterocycles. The first kappa shape index (κ1) is 36.5. The number of nitrogens with one attached hydrogen (secondary N) is 2. The summed E-state index contributed by atoms with van der Waals surface area (Å²) in [4.78, 5) is 36.0. The highest BCUT2D eigenvalue weighted by Gasteiger charge is 2.09. The van der Waals surface area contributed by atoms with Gasteiger partial charge in [0.2, 0.25) is 23.4 Å². The number of carbonyl (C=O) groups is 3. The second-order valence-electron chi connectivity index (χ2n) is 9.91. The normalized spacial score (nSPS) is 11.2. The van der Waals surface area contributed by atoms with Gasteiger partial charge in [0.25, 0.3) is 0 Å². The number of hydrogen-bond acceptors (Lipinski definition) is 9. The molecule has 0 atom stereocenters. The van der Waals surface area contributed by atoms with Crippen LogP contribution in [0.15, 0.2) is 78.3 Å². The zero-order chi connectivity index (χ0) is 32.9. The molecule has 2 aromatic carbocycles. The van der Waals surface area contributed by atoms with Crippen LogP contribution in [0.3, 0.4) is 0 Å². The van der Waals surface area contributed by atoms with Gasteiger partial charge in [0.1, 0.15) is 16.6 Å². The van der Waals surface area contributed by atoms with Gasteiger partial charge in [-0.05, 0) is 75.4 Å². The van der Waals surface area contributed by atoms with Crippen molar-refractivity contribution in [2.75, 3.05) is 25.0 Å². The van der Waals surface area contributed by atoms with Crippen LogP contribution in [0.1, 0.15) is 56.2 Å². The third-order valence-corrected chi connectivity index (χ3v) is 7.22. The summed E-state index contributed by atoms with van der Waals surface area (Å²) in [6.45, 7) is 8.03. The molecule has 0 saturated heterocycles. The largest absolute Gasteiger partial charge is 0.494 e. The number of ether oxygens (including phenoxy) is 1. The van der Waals surface area contributed by atoms with Gasteiger partial charge >= 0.3 is 0 Å². The molecule has 11 nitrogen and oxygen atoms in total. The maximum absolute atomic E-state index is 12.3. The fraction of sp³-hybridized carbons (Fsp3) is 0.364.